The summed E-state index contributed by atoms with van der Waals surface area (Å²) in [6, 6.07) is 15.5. The number of carbonyl (C=O) groups excluding carboxylic acids is 1. The molecule has 0 saturated heterocycles. The summed E-state index contributed by atoms with van der Waals surface area (Å²) in [7, 11) is 0. The van der Waals surface area contributed by atoms with Crippen LogP contribution in [0.2, 0.25) is 10.0 Å². The number of aromatic nitrogens is 1. The first-order chi connectivity index (χ1) is 14.5. The van der Waals surface area contributed by atoms with Crippen LogP contribution < -0.4 is 20.1 Å². The summed E-state index contributed by atoms with van der Waals surface area (Å²) in [5.41, 5.74) is 6.55. The topological polar surface area (TPSA) is 77.7 Å². The Hall–Kier alpha value is -2.96. The first-order valence-electron chi connectivity index (χ1n) is 9.43. The summed E-state index contributed by atoms with van der Waals surface area (Å²) in [5.74, 6) is 2.36. The van der Waals surface area contributed by atoms with Crippen LogP contribution >= 0.6 is 23.2 Å². The van der Waals surface area contributed by atoms with Crippen LogP contribution in [0.4, 0.5) is 10.6 Å². The minimum Gasteiger partial charge on any atom is -0.491 e. The molecule has 0 radical (unpaired) electrons. The van der Waals surface area contributed by atoms with Gasteiger partial charge in [0, 0.05) is 22.4 Å². The molecule has 2 N–H and O–H groups in total. The molecule has 0 bridgehead atoms. The van der Waals surface area contributed by atoms with Gasteiger partial charge in [-0.15, -0.1) is 0 Å². The summed E-state index contributed by atoms with van der Waals surface area (Å²) < 4.78 is 11.6. The van der Waals surface area contributed by atoms with E-state index in [1.807, 2.05) is 30.3 Å². The van der Waals surface area contributed by atoms with Crippen LogP contribution in [0.5, 0.6) is 17.2 Å². The molecule has 152 valence electrons. The van der Waals surface area contributed by atoms with Crippen LogP contribution in [0.25, 0.3) is 0 Å². The second-order valence-electron chi connectivity index (χ2n) is 7.24. The molecule has 5 rings (SSSR count). The van der Waals surface area contributed by atoms with Gasteiger partial charge in [-0.3, -0.25) is 4.90 Å². The van der Waals surface area contributed by atoms with Crippen molar-refractivity contribution in [2.75, 3.05) is 11.5 Å². The van der Waals surface area contributed by atoms with Crippen LogP contribution in [0, 0.1) is 5.92 Å². The molecular formula is C22H17Cl2N3O3. The number of ether oxygens (including phenoxy) is 2. The Kier molecular flexibility index (Phi) is 4.68. The Morgan fingerprint density at radius 3 is 2.53 bits per heavy atom. The fourth-order valence-corrected chi connectivity index (χ4v) is 4.59. The molecule has 3 aromatic rings. The number of halogens is 2. The standard InChI is InChI=1S/C22H17Cl2N3O3/c23-15-7-8-16(24)21-19(15)18-14(11-29-21)20(18)27(22(25)28)17-9-6-13(10-26-17)30-12-4-2-1-3-5-12/h1-10,14,18,20H,11H2,(H2,25,28)/t14-,18-,20?/m0/s1. The lowest BCUT2D eigenvalue weighted by Crippen LogP contribution is -2.39. The Morgan fingerprint density at radius 1 is 1.07 bits per heavy atom. The number of urea groups is 1. The number of fused-ring (bicyclic) bond motifs is 3. The van der Waals surface area contributed by atoms with Crippen molar-refractivity contribution in [1.82, 2.24) is 4.98 Å². The maximum absolute atomic E-state index is 12.3. The number of nitrogens with two attached hydrogens (primary N) is 1. The van der Waals surface area contributed by atoms with Crippen molar-refractivity contribution < 1.29 is 14.3 Å². The molecule has 6 nitrogen and oxygen atoms in total. The van der Waals surface area contributed by atoms with Crippen molar-refractivity contribution in [2.24, 2.45) is 11.7 Å². The average Bonchev–Trinajstić information content (AvgIpc) is 3.46. The predicted molar refractivity (Wildman–Crippen MR) is 115 cm³/mol. The van der Waals surface area contributed by atoms with Crippen LogP contribution in [0.1, 0.15) is 11.5 Å². The molecule has 8 heteroatoms. The first-order valence-corrected chi connectivity index (χ1v) is 10.2. The normalized spacial score (nSPS) is 21.1. The van der Waals surface area contributed by atoms with Gasteiger partial charge in [0.25, 0.3) is 0 Å². The minimum absolute atomic E-state index is 0.00510. The van der Waals surface area contributed by atoms with Gasteiger partial charge >= 0.3 is 6.03 Å². The van der Waals surface area contributed by atoms with Crippen molar-refractivity contribution in [3.8, 4) is 17.2 Å². The molecule has 30 heavy (non-hydrogen) atoms. The highest BCUT2D eigenvalue weighted by Crippen LogP contribution is 2.60. The molecule has 1 unspecified atom stereocenters. The smallest absolute Gasteiger partial charge is 0.320 e. The number of nitrogens with zero attached hydrogens (tertiary/aromatic N) is 2. The third-order valence-electron chi connectivity index (χ3n) is 5.46. The van der Waals surface area contributed by atoms with Gasteiger partial charge in [-0.05, 0) is 36.4 Å². The average molecular weight is 442 g/mol. The number of pyridine rings is 1. The van der Waals surface area contributed by atoms with Crippen LogP contribution in [0.15, 0.2) is 60.8 Å². The maximum Gasteiger partial charge on any atom is 0.320 e. The lowest BCUT2D eigenvalue weighted by atomic mass is 10.1. The summed E-state index contributed by atoms with van der Waals surface area (Å²) in [6.07, 6.45) is 1.57. The van der Waals surface area contributed by atoms with Gasteiger partial charge in [0.2, 0.25) is 0 Å². The van der Waals surface area contributed by atoms with Gasteiger partial charge in [0.1, 0.15) is 23.1 Å². The molecule has 2 aromatic carbocycles. The van der Waals surface area contributed by atoms with Crippen molar-refractivity contribution in [2.45, 2.75) is 12.0 Å². The SMILES string of the molecule is NC(=O)N(c1ccc(Oc2ccccc2)cn1)C1[C@H]2COc3c(Cl)ccc(Cl)c3[C@@H]12. The van der Waals surface area contributed by atoms with Gasteiger partial charge in [0.05, 0.1) is 23.9 Å². The highest BCUT2D eigenvalue weighted by atomic mass is 35.5. The Morgan fingerprint density at radius 2 is 1.83 bits per heavy atom. The minimum atomic E-state index is -0.585. The summed E-state index contributed by atoms with van der Waals surface area (Å²) in [5, 5.41) is 1.07. The molecular weight excluding hydrogens is 425 g/mol. The molecule has 0 spiro atoms. The van der Waals surface area contributed by atoms with Crippen molar-refractivity contribution in [1.29, 1.82) is 0 Å². The largest absolute Gasteiger partial charge is 0.491 e. The van der Waals surface area contributed by atoms with E-state index in [-0.39, 0.29) is 17.9 Å². The molecule has 2 heterocycles. The van der Waals surface area contributed by atoms with E-state index >= 15 is 0 Å². The molecule has 2 aliphatic rings. The van der Waals surface area contributed by atoms with Crippen LogP contribution in [0.3, 0.4) is 0 Å². The van der Waals surface area contributed by atoms with E-state index in [2.05, 4.69) is 4.98 Å². The zero-order chi connectivity index (χ0) is 20.8. The van der Waals surface area contributed by atoms with Gasteiger partial charge in [0.15, 0.2) is 0 Å². The Bertz CT molecular complexity index is 1110. The van der Waals surface area contributed by atoms with E-state index in [0.717, 1.165) is 5.56 Å². The fourth-order valence-electron chi connectivity index (χ4n) is 4.09. The molecule has 1 aliphatic heterocycles. The summed E-state index contributed by atoms with van der Waals surface area (Å²) >= 11 is 12.7. The first kappa shape index (κ1) is 19.0. The number of carbonyl (C=O) groups is 1. The number of hydrogen-bond acceptors (Lipinski definition) is 4. The van der Waals surface area contributed by atoms with E-state index in [9.17, 15) is 4.79 Å². The van der Waals surface area contributed by atoms with Gasteiger partial charge in [-0.25, -0.2) is 9.78 Å². The second kappa shape index (κ2) is 7.38. The van der Waals surface area contributed by atoms with Crippen LogP contribution in [-0.4, -0.2) is 23.7 Å². The number of primary amides is 1. The number of para-hydroxylation sites is 1. The van der Waals surface area contributed by atoms with E-state index in [0.29, 0.717) is 39.7 Å². The Labute approximate surface area is 183 Å². The monoisotopic (exact) mass is 441 g/mol. The highest BCUT2D eigenvalue weighted by Gasteiger charge is 2.60. The zero-order valence-corrected chi connectivity index (χ0v) is 17.2. The number of hydrogen-bond donors (Lipinski definition) is 1. The molecule has 1 fully saturated rings. The van der Waals surface area contributed by atoms with E-state index in [1.54, 1.807) is 30.5 Å². The third-order valence-corrected chi connectivity index (χ3v) is 6.08. The summed E-state index contributed by atoms with van der Waals surface area (Å²) in [4.78, 5) is 18.3. The summed E-state index contributed by atoms with van der Waals surface area (Å²) in [6.45, 7) is 0.432. The number of benzene rings is 2. The van der Waals surface area contributed by atoms with E-state index in [1.165, 1.54) is 4.90 Å². The zero-order valence-electron chi connectivity index (χ0n) is 15.7. The van der Waals surface area contributed by atoms with Gasteiger partial charge in [-0.2, -0.15) is 0 Å². The van der Waals surface area contributed by atoms with Gasteiger partial charge in [-0.1, -0.05) is 41.4 Å². The lowest BCUT2D eigenvalue weighted by Gasteiger charge is -2.20. The van der Waals surface area contributed by atoms with E-state index in [4.69, 9.17) is 38.4 Å². The molecule has 2 amide bonds. The highest BCUT2D eigenvalue weighted by molar-refractivity contribution is 6.35. The van der Waals surface area contributed by atoms with Crippen LogP contribution in [-0.2, 0) is 0 Å². The second-order valence-corrected chi connectivity index (χ2v) is 8.05. The molecule has 1 saturated carbocycles. The predicted octanol–water partition coefficient (Wildman–Crippen LogP) is 5.24. The van der Waals surface area contributed by atoms with Crippen molar-refractivity contribution >= 4 is 35.1 Å². The third kappa shape index (κ3) is 3.22. The quantitative estimate of drug-likeness (QED) is 0.600. The Balaban J connectivity index is 1.42. The number of anilines is 1. The van der Waals surface area contributed by atoms with Crippen molar-refractivity contribution in [3.63, 3.8) is 0 Å². The molecule has 1 aromatic heterocycles. The number of rotatable bonds is 4. The molecule has 1 aliphatic carbocycles. The lowest BCUT2D eigenvalue weighted by molar-refractivity contribution is 0.252. The number of amides is 2. The van der Waals surface area contributed by atoms with Crippen molar-refractivity contribution in [3.05, 3.63) is 76.4 Å². The molecule has 3 atom stereocenters. The van der Waals surface area contributed by atoms with Gasteiger partial charge < -0.3 is 15.2 Å². The fraction of sp³-hybridized carbons (Fsp3) is 0.182. The van der Waals surface area contributed by atoms with E-state index < -0.39 is 6.03 Å². The maximum atomic E-state index is 12.3.